The fraction of sp³-hybridized carbons (Fsp3) is 0.286. The lowest BCUT2D eigenvalue weighted by Crippen LogP contribution is -2.43. The number of fused-ring (bicyclic) bond motifs is 1. The van der Waals surface area contributed by atoms with Crippen molar-refractivity contribution in [3.8, 4) is 0 Å². The smallest absolute Gasteiger partial charge is 0.263 e. The zero-order valence-corrected chi connectivity index (χ0v) is 16.2. The van der Waals surface area contributed by atoms with Crippen molar-refractivity contribution in [3.05, 3.63) is 59.7 Å². The molecule has 1 fully saturated rings. The molecule has 1 N–H and O–H groups in total. The van der Waals surface area contributed by atoms with Crippen molar-refractivity contribution < 1.29 is 14.4 Å². The minimum atomic E-state index is -0.916. The minimum Gasteiger partial charge on any atom is -0.324 e. The Morgan fingerprint density at radius 3 is 2.38 bits per heavy atom. The molecule has 2 heterocycles. The number of hydrogen-bond acceptors (Lipinski definition) is 6. The highest BCUT2D eigenvalue weighted by Crippen LogP contribution is 2.31. The van der Waals surface area contributed by atoms with Gasteiger partial charge in [-0.05, 0) is 43.2 Å². The molecule has 1 saturated heterocycles. The van der Waals surface area contributed by atoms with E-state index in [0.717, 1.165) is 16.9 Å². The Morgan fingerprint density at radius 1 is 1.03 bits per heavy atom. The Morgan fingerprint density at radius 2 is 1.72 bits per heavy atom. The van der Waals surface area contributed by atoms with Crippen LogP contribution in [0.2, 0.25) is 0 Å². The van der Waals surface area contributed by atoms with E-state index in [1.807, 2.05) is 43.3 Å². The second kappa shape index (κ2) is 7.46. The average Bonchev–Trinajstić information content (AvgIpc) is 3.23. The molecule has 3 amide bonds. The summed E-state index contributed by atoms with van der Waals surface area (Å²) in [6.07, 6.45) is 0.916. The number of nitrogens with one attached hydrogen (secondary N) is 1. The highest BCUT2D eigenvalue weighted by Gasteiger charge is 2.55. The van der Waals surface area contributed by atoms with Crippen LogP contribution in [-0.4, -0.2) is 41.4 Å². The van der Waals surface area contributed by atoms with Gasteiger partial charge in [0.15, 0.2) is 12.1 Å². The van der Waals surface area contributed by atoms with Crippen LogP contribution in [-0.2, 0) is 20.8 Å². The van der Waals surface area contributed by atoms with Gasteiger partial charge >= 0.3 is 0 Å². The number of carbonyl (C=O) groups excluding carboxylic acids is 3. The Labute approximate surface area is 168 Å². The van der Waals surface area contributed by atoms with Crippen molar-refractivity contribution in [2.45, 2.75) is 32.4 Å². The van der Waals surface area contributed by atoms with E-state index in [0.29, 0.717) is 11.4 Å². The lowest BCUT2D eigenvalue weighted by molar-refractivity contribution is -0.123. The summed E-state index contributed by atoms with van der Waals surface area (Å²) in [6.45, 7) is 3.82. The zero-order chi connectivity index (χ0) is 20.5. The first-order valence-corrected chi connectivity index (χ1v) is 9.48. The van der Waals surface area contributed by atoms with Crippen molar-refractivity contribution >= 4 is 29.1 Å². The summed E-state index contributed by atoms with van der Waals surface area (Å²) in [6, 6.07) is 12.8. The molecule has 148 valence electrons. The highest BCUT2D eigenvalue weighted by atomic mass is 16.2. The normalized spacial score (nSPS) is 20.3. The van der Waals surface area contributed by atoms with Gasteiger partial charge in [0.25, 0.3) is 11.8 Å². The topological polar surface area (TPSA) is 94.4 Å². The number of imide groups is 1. The van der Waals surface area contributed by atoms with Gasteiger partial charge in [-0.3, -0.25) is 19.4 Å². The quantitative estimate of drug-likeness (QED) is 0.793. The highest BCUT2D eigenvalue weighted by molar-refractivity contribution is 6.25. The third kappa shape index (κ3) is 3.49. The van der Waals surface area contributed by atoms with Crippen molar-refractivity contribution in [2.75, 3.05) is 16.8 Å². The van der Waals surface area contributed by atoms with Gasteiger partial charge in [0.2, 0.25) is 5.91 Å². The van der Waals surface area contributed by atoms with E-state index < -0.39 is 23.9 Å². The zero-order valence-electron chi connectivity index (χ0n) is 16.2. The molecule has 0 saturated carbocycles. The number of rotatable bonds is 5. The first-order chi connectivity index (χ1) is 14.0. The second-order valence-corrected chi connectivity index (χ2v) is 7.14. The molecular formula is C21H21N5O3. The lowest BCUT2D eigenvalue weighted by Gasteiger charge is -2.20. The summed E-state index contributed by atoms with van der Waals surface area (Å²) >= 11 is 0. The van der Waals surface area contributed by atoms with Crippen LogP contribution in [0.3, 0.4) is 0 Å². The Kier molecular flexibility index (Phi) is 4.84. The monoisotopic (exact) mass is 391 g/mol. The molecule has 0 aliphatic carbocycles. The lowest BCUT2D eigenvalue weighted by atomic mass is 10.1. The maximum Gasteiger partial charge on any atom is 0.263 e. The van der Waals surface area contributed by atoms with Gasteiger partial charge in [0.1, 0.15) is 6.54 Å². The largest absolute Gasteiger partial charge is 0.324 e. The van der Waals surface area contributed by atoms with E-state index in [1.54, 1.807) is 12.1 Å². The van der Waals surface area contributed by atoms with Crippen LogP contribution in [0.4, 0.5) is 11.4 Å². The predicted molar refractivity (Wildman–Crippen MR) is 107 cm³/mol. The Hall–Kier alpha value is -3.55. The molecule has 0 bridgehead atoms. The van der Waals surface area contributed by atoms with E-state index in [9.17, 15) is 14.4 Å². The molecule has 2 aliphatic heterocycles. The number of aryl methyl sites for hydroxylation is 2. The first-order valence-electron chi connectivity index (χ1n) is 9.48. The molecule has 8 nitrogen and oxygen atoms in total. The second-order valence-electron chi connectivity index (χ2n) is 7.14. The SMILES string of the molecule is CCc1ccc(NC(=O)CN2N=N[C@@H]3C(=O)N(c4ccc(C)cc4)C(=O)[C@H]32)cc1. The molecule has 0 aromatic heterocycles. The molecule has 29 heavy (non-hydrogen) atoms. The summed E-state index contributed by atoms with van der Waals surface area (Å²) in [7, 11) is 0. The minimum absolute atomic E-state index is 0.166. The van der Waals surface area contributed by atoms with Gasteiger partial charge in [-0.1, -0.05) is 42.0 Å². The van der Waals surface area contributed by atoms with Crippen LogP contribution in [0.15, 0.2) is 58.9 Å². The number of anilines is 2. The summed E-state index contributed by atoms with van der Waals surface area (Å²) in [5.74, 6) is -1.18. The fourth-order valence-corrected chi connectivity index (χ4v) is 3.47. The summed E-state index contributed by atoms with van der Waals surface area (Å²) < 4.78 is 0. The van der Waals surface area contributed by atoms with Gasteiger partial charge in [0.05, 0.1) is 5.69 Å². The third-order valence-corrected chi connectivity index (χ3v) is 5.10. The van der Waals surface area contributed by atoms with Crippen LogP contribution < -0.4 is 10.2 Å². The molecule has 2 aromatic rings. The van der Waals surface area contributed by atoms with Crippen molar-refractivity contribution in [3.63, 3.8) is 0 Å². The van der Waals surface area contributed by atoms with Crippen LogP contribution >= 0.6 is 0 Å². The molecule has 2 aromatic carbocycles. The summed E-state index contributed by atoms with van der Waals surface area (Å²) in [5.41, 5.74) is 3.36. The van der Waals surface area contributed by atoms with E-state index >= 15 is 0 Å². The van der Waals surface area contributed by atoms with E-state index in [1.165, 1.54) is 10.6 Å². The predicted octanol–water partition coefficient (Wildman–Crippen LogP) is 2.49. The third-order valence-electron chi connectivity index (χ3n) is 5.10. The standard InChI is InChI=1S/C21H21N5O3/c1-3-14-6-8-15(9-7-14)22-17(27)12-25-19-18(23-24-25)20(28)26(21(19)29)16-10-4-13(2)5-11-16/h4-11,18-19H,3,12H2,1-2H3,(H,22,27)/t18-,19-/m0/s1. The van der Waals surface area contributed by atoms with Crippen LogP contribution in [0, 0.1) is 6.92 Å². The van der Waals surface area contributed by atoms with Gasteiger partial charge in [-0.15, -0.1) is 0 Å². The van der Waals surface area contributed by atoms with Crippen LogP contribution in [0.5, 0.6) is 0 Å². The molecule has 0 unspecified atom stereocenters. The maximum absolute atomic E-state index is 12.9. The number of amides is 3. The molecule has 2 aliphatic rings. The molecule has 4 rings (SSSR count). The first kappa shape index (κ1) is 18.8. The van der Waals surface area contributed by atoms with Gasteiger partial charge in [0, 0.05) is 5.69 Å². The van der Waals surface area contributed by atoms with Crippen LogP contribution in [0.1, 0.15) is 18.1 Å². The van der Waals surface area contributed by atoms with Crippen LogP contribution in [0.25, 0.3) is 0 Å². The fourth-order valence-electron chi connectivity index (χ4n) is 3.47. The van der Waals surface area contributed by atoms with E-state index in [4.69, 9.17) is 0 Å². The van der Waals surface area contributed by atoms with Crippen molar-refractivity contribution in [1.82, 2.24) is 5.01 Å². The molecule has 8 heteroatoms. The molecule has 0 radical (unpaired) electrons. The summed E-state index contributed by atoms with van der Waals surface area (Å²) in [5, 5.41) is 11.9. The summed E-state index contributed by atoms with van der Waals surface area (Å²) in [4.78, 5) is 39.2. The number of carbonyl (C=O) groups is 3. The van der Waals surface area contributed by atoms with E-state index in [2.05, 4.69) is 22.6 Å². The Bertz CT molecular complexity index is 984. The maximum atomic E-state index is 12.9. The number of benzene rings is 2. The average molecular weight is 391 g/mol. The van der Waals surface area contributed by atoms with Crippen molar-refractivity contribution in [1.29, 1.82) is 0 Å². The van der Waals surface area contributed by atoms with Crippen molar-refractivity contribution in [2.24, 2.45) is 10.3 Å². The van der Waals surface area contributed by atoms with Gasteiger partial charge in [-0.25, -0.2) is 4.90 Å². The van der Waals surface area contributed by atoms with Gasteiger partial charge in [-0.2, -0.15) is 5.11 Å². The number of hydrogen-bond donors (Lipinski definition) is 1. The Balaban J connectivity index is 1.45. The molecular weight excluding hydrogens is 370 g/mol. The van der Waals surface area contributed by atoms with E-state index in [-0.39, 0.29) is 12.5 Å². The molecule has 0 spiro atoms. The number of nitrogens with zero attached hydrogens (tertiary/aromatic N) is 4. The van der Waals surface area contributed by atoms with Gasteiger partial charge < -0.3 is 5.32 Å². The molecule has 2 atom stereocenters.